The molecule has 0 aliphatic carbocycles. The Kier molecular flexibility index (Phi) is 6.87. The molecular formula is C28H33N3O2. The molecule has 0 spiro atoms. The third kappa shape index (κ3) is 5.72. The van der Waals surface area contributed by atoms with E-state index in [1.165, 1.54) is 42.6 Å². The van der Waals surface area contributed by atoms with Crippen molar-refractivity contribution < 1.29 is 9.53 Å². The Labute approximate surface area is 196 Å². The molecule has 0 saturated carbocycles. The van der Waals surface area contributed by atoms with Crippen LogP contribution >= 0.6 is 0 Å². The Morgan fingerprint density at radius 2 is 1.88 bits per heavy atom. The minimum Gasteiger partial charge on any atom is -0.494 e. The Balaban J connectivity index is 0.991. The van der Waals surface area contributed by atoms with Crippen molar-refractivity contribution in [3.8, 4) is 5.75 Å². The van der Waals surface area contributed by atoms with Gasteiger partial charge in [-0.2, -0.15) is 0 Å². The number of ether oxygens (including phenoxy) is 1. The Morgan fingerprint density at radius 3 is 2.79 bits per heavy atom. The maximum atomic E-state index is 11.5. The second-order valence-electron chi connectivity index (χ2n) is 9.41. The summed E-state index contributed by atoms with van der Waals surface area (Å²) in [6, 6.07) is 18.8. The zero-order valence-electron chi connectivity index (χ0n) is 19.3. The number of aromatic nitrogens is 1. The fourth-order valence-corrected chi connectivity index (χ4v) is 5.01. The number of anilines is 1. The van der Waals surface area contributed by atoms with Gasteiger partial charge < -0.3 is 15.0 Å². The molecule has 1 fully saturated rings. The number of rotatable bonds is 8. The highest BCUT2D eigenvalue weighted by Crippen LogP contribution is 2.27. The minimum atomic E-state index is 0.102. The van der Waals surface area contributed by atoms with E-state index in [2.05, 4.69) is 52.7 Å². The van der Waals surface area contributed by atoms with Crippen LogP contribution in [-0.2, 0) is 17.6 Å². The van der Waals surface area contributed by atoms with Crippen LogP contribution in [0.5, 0.6) is 5.75 Å². The SMILES string of the molecule is O=C1CCc2cc(OCCCCN3CCC(Cc4ccc5ccccc5n4)CC3)ccc2N1. The van der Waals surface area contributed by atoms with Gasteiger partial charge in [0.15, 0.2) is 0 Å². The first kappa shape index (κ1) is 21.9. The van der Waals surface area contributed by atoms with Gasteiger partial charge in [-0.3, -0.25) is 9.78 Å². The van der Waals surface area contributed by atoms with Crippen LogP contribution in [0.25, 0.3) is 10.9 Å². The highest BCUT2D eigenvalue weighted by molar-refractivity contribution is 5.94. The van der Waals surface area contributed by atoms with Crippen LogP contribution < -0.4 is 10.1 Å². The molecule has 5 nitrogen and oxygen atoms in total. The quantitative estimate of drug-likeness (QED) is 0.484. The molecule has 5 rings (SSSR count). The monoisotopic (exact) mass is 443 g/mol. The number of hydrogen-bond donors (Lipinski definition) is 1. The summed E-state index contributed by atoms with van der Waals surface area (Å²) in [6.07, 6.45) is 7.20. The summed E-state index contributed by atoms with van der Waals surface area (Å²) in [4.78, 5) is 18.9. The number of benzene rings is 2. The largest absolute Gasteiger partial charge is 0.494 e. The number of para-hydroxylation sites is 1. The molecule has 0 unspecified atom stereocenters. The molecule has 0 radical (unpaired) electrons. The first-order chi connectivity index (χ1) is 16.2. The van der Waals surface area contributed by atoms with E-state index in [9.17, 15) is 4.79 Å². The highest BCUT2D eigenvalue weighted by Gasteiger charge is 2.20. The second-order valence-corrected chi connectivity index (χ2v) is 9.41. The molecule has 0 bridgehead atoms. The predicted molar refractivity (Wildman–Crippen MR) is 133 cm³/mol. The number of aryl methyl sites for hydroxylation is 1. The molecule has 1 amide bonds. The zero-order valence-corrected chi connectivity index (χ0v) is 19.3. The molecule has 172 valence electrons. The summed E-state index contributed by atoms with van der Waals surface area (Å²) in [5, 5.41) is 4.14. The number of unbranched alkanes of at least 4 members (excludes halogenated alkanes) is 1. The molecule has 2 aromatic carbocycles. The van der Waals surface area contributed by atoms with E-state index in [-0.39, 0.29) is 5.91 Å². The number of piperidine rings is 1. The number of nitrogens with one attached hydrogen (secondary N) is 1. The highest BCUT2D eigenvalue weighted by atomic mass is 16.5. The molecule has 1 aromatic heterocycles. The molecule has 3 heterocycles. The summed E-state index contributed by atoms with van der Waals surface area (Å²) >= 11 is 0. The molecule has 33 heavy (non-hydrogen) atoms. The maximum Gasteiger partial charge on any atom is 0.224 e. The lowest BCUT2D eigenvalue weighted by atomic mass is 9.91. The summed E-state index contributed by atoms with van der Waals surface area (Å²) in [5.41, 5.74) is 4.44. The van der Waals surface area contributed by atoms with Crippen LogP contribution in [0.4, 0.5) is 5.69 Å². The van der Waals surface area contributed by atoms with Crippen molar-refractivity contribution in [3.63, 3.8) is 0 Å². The number of nitrogens with zero attached hydrogens (tertiary/aromatic N) is 2. The van der Waals surface area contributed by atoms with Crippen molar-refractivity contribution in [2.45, 2.75) is 44.9 Å². The van der Waals surface area contributed by atoms with Crippen molar-refractivity contribution in [1.82, 2.24) is 9.88 Å². The van der Waals surface area contributed by atoms with Crippen LogP contribution in [0.1, 0.15) is 43.4 Å². The summed E-state index contributed by atoms with van der Waals surface area (Å²) < 4.78 is 5.96. The Morgan fingerprint density at radius 1 is 1.00 bits per heavy atom. The van der Waals surface area contributed by atoms with Gasteiger partial charge in [-0.05, 0) is 100.0 Å². The molecular weight excluding hydrogens is 410 g/mol. The number of fused-ring (bicyclic) bond motifs is 2. The first-order valence-electron chi connectivity index (χ1n) is 12.4. The lowest BCUT2D eigenvalue weighted by Gasteiger charge is -2.31. The maximum absolute atomic E-state index is 11.5. The molecule has 3 aromatic rings. The molecule has 1 saturated heterocycles. The van der Waals surface area contributed by atoms with Gasteiger partial charge in [0.25, 0.3) is 0 Å². The smallest absolute Gasteiger partial charge is 0.224 e. The van der Waals surface area contributed by atoms with Crippen LogP contribution in [-0.4, -0.2) is 42.0 Å². The van der Waals surface area contributed by atoms with Gasteiger partial charge in [-0.1, -0.05) is 24.3 Å². The van der Waals surface area contributed by atoms with Crippen LogP contribution in [0, 0.1) is 5.92 Å². The predicted octanol–water partition coefficient (Wildman–Crippen LogP) is 5.23. The average molecular weight is 444 g/mol. The number of hydrogen-bond acceptors (Lipinski definition) is 4. The Bertz CT molecular complexity index is 1110. The number of likely N-dealkylation sites (tertiary alicyclic amines) is 1. The normalized spacial score (nSPS) is 17.0. The fraction of sp³-hybridized carbons (Fsp3) is 0.429. The van der Waals surface area contributed by atoms with E-state index in [1.807, 2.05) is 12.1 Å². The van der Waals surface area contributed by atoms with Gasteiger partial charge >= 0.3 is 0 Å². The minimum absolute atomic E-state index is 0.102. The van der Waals surface area contributed by atoms with Crippen molar-refractivity contribution in [2.24, 2.45) is 5.92 Å². The van der Waals surface area contributed by atoms with Crippen molar-refractivity contribution >= 4 is 22.5 Å². The average Bonchev–Trinajstić information content (AvgIpc) is 2.85. The third-order valence-corrected chi connectivity index (χ3v) is 6.97. The van der Waals surface area contributed by atoms with E-state index < -0.39 is 0 Å². The topological polar surface area (TPSA) is 54.5 Å². The van der Waals surface area contributed by atoms with Gasteiger partial charge in [0.1, 0.15) is 5.75 Å². The van der Waals surface area contributed by atoms with Gasteiger partial charge in [0.05, 0.1) is 12.1 Å². The number of carbonyl (C=O) groups is 1. The third-order valence-electron chi connectivity index (χ3n) is 6.97. The number of amides is 1. The lowest BCUT2D eigenvalue weighted by molar-refractivity contribution is -0.116. The van der Waals surface area contributed by atoms with Crippen LogP contribution in [0.2, 0.25) is 0 Å². The van der Waals surface area contributed by atoms with Crippen molar-refractivity contribution in [2.75, 3.05) is 31.6 Å². The van der Waals surface area contributed by atoms with Gasteiger partial charge in [-0.25, -0.2) is 0 Å². The summed E-state index contributed by atoms with van der Waals surface area (Å²) in [7, 11) is 0. The second kappa shape index (κ2) is 10.3. The lowest BCUT2D eigenvalue weighted by Crippen LogP contribution is -2.35. The van der Waals surface area contributed by atoms with Gasteiger partial charge in [-0.15, -0.1) is 0 Å². The van der Waals surface area contributed by atoms with Crippen LogP contribution in [0.3, 0.4) is 0 Å². The van der Waals surface area contributed by atoms with Gasteiger partial charge in [0, 0.05) is 23.2 Å². The Hall–Kier alpha value is -2.92. The fourth-order valence-electron chi connectivity index (χ4n) is 5.01. The van der Waals surface area contributed by atoms with E-state index in [0.717, 1.165) is 61.7 Å². The molecule has 5 heteroatoms. The van der Waals surface area contributed by atoms with Crippen LogP contribution in [0.15, 0.2) is 54.6 Å². The van der Waals surface area contributed by atoms with Crippen molar-refractivity contribution in [1.29, 1.82) is 0 Å². The molecule has 1 N–H and O–H groups in total. The van der Waals surface area contributed by atoms with Gasteiger partial charge in [0.2, 0.25) is 5.91 Å². The summed E-state index contributed by atoms with van der Waals surface area (Å²) in [6.45, 7) is 4.28. The van der Waals surface area contributed by atoms with E-state index >= 15 is 0 Å². The van der Waals surface area contributed by atoms with E-state index in [1.54, 1.807) is 0 Å². The van der Waals surface area contributed by atoms with E-state index in [0.29, 0.717) is 6.42 Å². The standard InChI is InChI=1S/C28H33N3O2/c32-28-12-8-23-20-25(10-11-27(23)30-28)33-18-4-3-15-31-16-13-21(14-17-31)19-24-9-7-22-5-1-2-6-26(22)29-24/h1-2,5-7,9-11,20-21H,3-4,8,12-19H2,(H,30,32). The molecule has 2 aliphatic rings. The first-order valence-corrected chi connectivity index (χ1v) is 12.4. The molecule has 0 atom stereocenters. The number of carbonyl (C=O) groups excluding carboxylic acids is 1. The van der Waals surface area contributed by atoms with Crippen molar-refractivity contribution in [3.05, 3.63) is 65.9 Å². The molecule has 2 aliphatic heterocycles. The number of pyridine rings is 1. The zero-order chi connectivity index (χ0) is 22.5. The summed E-state index contributed by atoms with van der Waals surface area (Å²) in [5.74, 6) is 1.76. The van der Waals surface area contributed by atoms with E-state index in [4.69, 9.17) is 9.72 Å².